The summed E-state index contributed by atoms with van der Waals surface area (Å²) in [5.74, 6) is 1.53. The van der Waals surface area contributed by atoms with Crippen molar-refractivity contribution < 1.29 is 9.52 Å². The summed E-state index contributed by atoms with van der Waals surface area (Å²) < 4.78 is 5.26. The van der Waals surface area contributed by atoms with Gasteiger partial charge in [0, 0.05) is 5.56 Å². The van der Waals surface area contributed by atoms with Gasteiger partial charge in [-0.3, -0.25) is 0 Å². The molecule has 18 heavy (non-hydrogen) atoms. The Bertz CT molecular complexity index is 538. The van der Waals surface area contributed by atoms with Gasteiger partial charge in [-0.25, -0.2) is 0 Å². The Hall–Kier alpha value is -1.54. The molecule has 2 aromatic rings. The molecular weight excluding hydrogens is 224 g/mol. The van der Waals surface area contributed by atoms with Crippen LogP contribution in [0.15, 0.2) is 41.0 Å². The van der Waals surface area contributed by atoms with Gasteiger partial charge >= 0.3 is 0 Å². The third kappa shape index (κ3) is 2.08. The van der Waals surface area contributed by atoms with Crippen LogP contribution in [-0.4, -0.2) is 5.11 Å². The van der Waals surface area contributed by atoms with Gasteiger partial charge in [-0.05, 0) is 42.9 Å². The van der Waals surface area contributed by atoms with Crippen LogP contribution in [0.1, 0.15) is 53.7 Å². The first-order chi connectivity index (χ1) is 8.74. The van der Waals surface area contributed by atoms with Crippen LogP contribution in [0, 0.1) is 6.92 Å². The average Bonchev–Trinajstić information content (AvgIpc) is 2.73. The molecule has 94 valence electrons. The van der Waals surface area contributed by atoms with Crippen molar-refractivity contribution in [3.63, 3.8) is 0 Å². The zero-order valence-corrected chi connectivity index (χ0v) is 10.6. The fourth-order valence-electron chi connectivity index (χ4n) is 2.52. The summed E-state index contributed by atoms with van der Waals surface area (Å²) in [6, 6.07) is 10.2. The van der Waals surface area contributed by atoms with Crippen LogP contribution < -0.4 is 0 Å². The monoisotopic (exact) mass is 242 g/mol. The molecule has 1 unspecified atom stereocenters. The van der Waals surface area contributed by atoms with Gasteiger partial charge < -0.3 is 9.52 Å². The Balaban J connectivity index is 1.86. The molecule has 0 amide bonds. The summed E-state index contributed by atoms with van der Waals surface area (Å²) in [7, 11) is 0. The number of benzene rings is 1. The van der Waals surface area contributed by atoms with Crippen molar-refractivity contribution in [3.05, 3.63) is 59.0 Å². The highest BCUT2D eigenvalue weighted by atomic mass is 16.3. The third-order valence-electron chi connectivity index (χ3n) is 3.87. The van der Waals surface area contributed by atoms with Crippen molar-refractivity contribution >= 4 is 0 Å². The lowest BCUT2D eigenvalue weighted by molar-refractivity contribution is 0.219. The molecule has 0 saturated heterocycles. The number of furan rings is 1. The summed E-state index contributed by atoms with van der Waals surface area (Å²) in [5.41, 5.74) is 3.15. The van der Waals surface area contributed by atoms with E-state index in [-0.39, 0.29) is 0 Å². The van der Waals surface area contributed by atoms with Gasteiger partial charge in [0.2, 0.25) is 0 Å². The molecule has 0 aliphatic heterocycles. The second-order valence-corrected chi connectivity index (χ2v) is 5.19. The summed E-state index contributed by atoms with van der Waals surface area (Å²) in [6.45, 7) is 1.89. The van der Waals surface area contributed by atoms with Crippen molar-refractivity contribution in [3.8, 4) is 0 Å². The number of aliphatic hydroxyl groups excluding tert-OH is 1. The van der Waals surface area contributed by atoms with Gasteiger partial charge in [0.05, 0.1) is 6.26 Å². The quantitative estimate of drug-likeness (QED) is 0.884. The van der Waals surface area contributed by atoms with Gasteiger partial charge in [0.1, 0.15) is 11.9 Å². The predicted octanol–water partition coefficient (Wildman–Crippen LogP) is 3.94. The smallest absolute Gasteiger partial charge is 0.107 e. The molecule has 1 aliphatic carbocycles. The number of aryl methyl sites for hydroxylation is 1. The Labute approximate surface area is 107 Å². The van der Waals surface area contributed by atoms with Crippen LogP contribution in [0.5, 0.6) is 0 Å². The molecule has 1 aromatic heterocycles. The summed E-state index contributed by atoms with van der Waals surface area (Å²) >= 11 is 0. The van der Waals surface area contributed by atoms with E-state index in [2.05, 4.69) is 12.1 Å². The Morgan fingerprint density at radius 2 is 2.06 bits per heavy atom. The standard InChI is InChI=1S/C16H18O2/c1-11-8-15(10-18-11)16(17)14-7-3-6-13(9-14)12-4-2-5-12/h3,6-10,12,16-17H,2,4-5H2,1H3. The molecule has 1 fully saturated rings. The second-order valence-electron chi connectivity index (χ2n) is 5.19. The van der Waals surface area contributed by atoms with Gasteiger partial charge in [-0.15, -0.1) is 0 Å². The summed E-state index contributed by atoms with van der Waals surface area (Å²) in [6.07, 6.45) is 4.95. The van der Waals surface area contributed by atoms with Gasteiger partial charge in [-0.2, -0.15) is 0 Å². The molecule has 0 bridgehead atoms. The largest absolute Gasteiger partial charge is 0.469 e. The molecule has 1 atom stereocenters. The Kier molecular flexibility index (Phi) is 2.96. The lowest BCUT2D eigenvalue weighted by Gasteiger charge is -2.26. The average molecular weight is 242 g/mol. The van der Waals surface area contributed by atoms with E-state index in [1.165, 1.54) is 24.8 Å². The van der Waals surface area contributed by atoms with Crippen LogP contribution in [0.4, 0.5) is 0 Å². The van der Waals surface area contributed by atoms with Crippen LogP contribution in [-0.2, 0) is 0 Å². The molecule has 1 N–H and O–H groups in total. The fourth-order valence-corrected chi connectivity index (χ4v) is 2.52. The molecule has 1 aliphatic rings. The SMILES string of the molecule is Cc1cc(C(O)c2cccc(C3CCC3)c2)co1. The highest BCUT2D eigenvalue weighted by Gasteiger charge is 2.21. The van der Waals surface area contributed by atoms with Crippen molar-refractivity contribution in [2.45, 2.75) is 38.2 Å². The zero-order valence-electron chi connectivity index (χ0n) is 10.6. The van der Waals surface area contributed by atoms with Crippen LogP contribution >= 0.6 is 0 Å². The van der Waals surface area contributed by atoms with Crippen molar-refractivity contribution in [2.75, 3.05) is 0 Å². The maximum atomic E-state index is 10.3. The Morgan fingerprint density at radius 3 is 2.67 bits per heavy atom. The second kappa shape index (κ2) is 4.62. The van der Waals surface area contributed by atoms with Crippen molar-refractivity contribution in [1.29, 1.82) is 0 Å². The lowest BCUT2D eigenvalue weighted by atomic mass is 9.79. The zero-order chi connectivity index (χ0) is 12.5. The lowest BCUT2D eigenvalue weighted by Crippen LogP contribution is -2.09. The minimum atomic E-state index is -0.581. The molecular formula is C16H18O2. The molecule has 0 spiro atoms. The first-order valence-corrected chi connectivity index (χ1v) is 6.57. The number of aliphatic hydroxyl groups is 1. The van der Waals surface area contributed by atoms with Gasteiger partial charge in [0.15, 0.2) is 0 Å². The van der Waals surface area contributed by atoms with Gasteiger partial charge in [0.25, 0.3) is 0 Å². The van der Waals surface area contributed by atoms with Crippen molar-refractivity contribution in [2.24, 2.45) is 0 Å². The number of rotatable bonds is 3. The van der Waals surface area contributed by atoms with E-state index < -0.39 is 6.10 Å². The molecule has 3 rings (SSSR count). The summed E-state index contributed by atoms with van der Waals surface area (Å²) in [5, 5.41) is 10.3. The normalized spacial score (nSPS) is 17.4. The maximum absolute atomic E-state index is 10.3. The first-order valence-electron chi connectivity index (χ1n) is 6.57. The maximum Gasteiger partial charge on any atom is 0.107 e. The number of hydrogen-bond donors (Lipinski definition) is 1. The summed E-state index contributed by atoms with van der Waals surface area (Å²) in [4.78, 5) is 0. The molecule has 2 heteroatoms. The van der Waals surface area contributed by atoms with Gasteiger partial charge in [-0.1, -0.05) is 30.7 Å². The Morgan fingerprint density at radius 1 is 1.22 bits per heavy atom. The van der Waals surface area contributed by atoms with E-state index in [9.17, 15) is 5.11 Å². The molecule has 1 aromatic carbocycles. The highest BCUT2D eigenvalue weighted by Crippen LogP contribution is 2.37. The van der Waals surface area contributed by atoms with Crippen LogP contribution in [0.2, 0.25) is 0 Å². The molecule has 1 saturated carbocycles. The fraction of sp³-hybridized carbons (Fsp3) is 0.375. The topological polar surface area (TPSA) is 33.4 Å². The molecule has 0 radical (unpaired) electrons. The predicted molar refractivity (Wildman–Crippen MR) is 70.5 cm³/mol. The molecule has 1 heterocycles. The minimum Gasteiger partial charge on any atom is -0.469 e. The number of hydrogen-bond acceptors (Lipinski definition) is 2. The highest BCUT2D eigenvalue weighted by molar-refractivity contribution is 5.33. The van der Waals surface area contributed by atoms with E-state index in [0.29, 0.717) is 5.92 Å². The molecule has 2 nitrogen and oxygen atoms in total. The van der Waals surface area contributed by atoms with E-state index in [0.717, 1.165) is 16.9 Å². The van der Waals surface area contributed by atoms with E-state index in [4.69, 9.17) is 4.42 Å². The third-order valence-corrected chi connectivity index (χ3v) is 3.87. The minimum absolute atomic E-state index is 0.581. The van der Waals surface area contributed by atoms with Crippen molar-refractivity contribution in [1.82, 2.24) is 0 Å². The first kappa shape index (κ1) is 11.5. The van der Waals surface area contributed by atoms with E-state index in [1.54, 1.807) is 6.26 Å². The van der Waals surface area contributed by atoms with E-state index in [1.807, 2.05) is 25.1 Å². The van der Waals surface area contributed by atoms with Crippen LogP contribution in [0.25, 0.3) is 0 Å². The van der Waals surface area contributed by atoms with Crippen LogP contribution in [0.3, 0.4) is 0 Å². The van der Waals surface area contributed by atoms with E-state index >= 15 is 0 Å².